The number of nitrogens with one attached hydrogen (secondary N) is 1. The van der Waals surface area contributed by atoms with E-state index >= 15 is 0 Å². The Kier molecular flexibility index (Phi) is 10.0. The lowest BCUT2D eigenvalue weighted by Crippen LogP contribution is -2.54. The molecule has 0 aliphatic rings. The Labute approximate surface area is 226 Å². The first-order chi connectivity index (χ1) is 18.1. The largest absolute Gasteiger partial charge is 0.355 e. The Morgan fingerprint density at radius 3 is 1.97 bits per heavy atom. The summed E-state index contributed by atoms with van der Waals surface area (Å²) in [6, 6.07) is 24.9. The minimum atomic E-state index is -4.00. The smallest absolute Gasteiger partial charge is 0.304 e. The summed E-state index contributed by atoms with van der Waals surface area (Å²) in [6.45, 7) is 3.90. The van der Waals surface area contributed by atoms with Gasteiger partial charge in [-0.15, -0.1) is 0 Å². The van der Waals surface area contributed by atoms with Crippen LogP contribution in [0.1, 0.15) is 23.6 Å². The lowest BCUT2D eigenvalue weighted by molar-refractivity contribution is -0.140. The van der Waals surface area contributed by atoms with Gasteiger partial charge in [0.15, 0.2) is 0 Å². The minimum absolute atomic E-state index is 0.151. The van der Waals surface area contributed by atoms with Gasteiger partial charge >= 0.3 is 10.2 Å². The van der Waals surface area contributed by atoms with Crippen LogP contribution in [0.25, 0.3) is 0 Å². The SMILES string of the molecule is CCNC(=O)[C@H](Cc1ccccc1)N(Cc1ccc(C)cc1)C(=O)CN(c1ccccc1)S(=O)(=O)N(C)C. The Morgan fingerprint density at radius 1 is 0.842 bits per heavy atom. The fourth-order valence-corrected chi connectivity index (χ4v) is 5.10. The summed E-state index contributed by atoms with van der Waals surface area (Å²) in [7, 11) is -1.15. The van der Waals surface area contributed by atoms with Crippen LogP contribution in [0.3, 0.4) is 0 Å². The molecule has 202 valence electrons. The summed E-state index contributed by atoms with van der Waals surface area (Å²) in [5.74, 6) is -0.773. The van der Waals surface area contributed by atoms with Crippen molar-refractivity contribution in [2.24, 2.45) is 0 Å². The van der Waals surface area contributed by atoms with E-state index in [0.29, 0.717) is 12.2 Å². The van der Waals surface area contributed by atoms with Gasteiger partial charge in [-0.2, -0.15) is 12.7 Å². The Hall–Kier alpha value is -3.69. The van der Waals surface area contributed by atoms with Crippen molar-refractivity contribution in [3.63, 3.8) is 0 Å². The second kappa shape index (κ2) is 13.2. The third-order valence-corrected chi connectivity index (χ3v) is 7.98. The maximum atomic E-state index is 14.0. The molecule has 1 atom stereocenters. The number of nitrogens with zero attached hydrogens (tertiary/aromatic N) is 3. The molecule has 0 aliphatic carbocycles. The van der Waals surface area contributed by atoms with Gasteiger partial charge in [0, 0.05) is 33.6 Å². The van der Waals surface area contributed by atoms with Gasteiger partial charge in [-0.3, -0.25) is 9.59 Å². The first kappa shape index (κ1) is 28.9. The van der Waals surface area contributed by atoms with Crippen LogP contribution in [0.15, 0.2) is 84.9 Å². The Morgan fingerprint density at radius 2 is 1.42 bits per heavy atom. The highest BCUT2D eigenvalue weighted by Crippen LogP contribution is 2.21. The maximum absolute atomic E-state index is 14.0. The molecule has 0 saturated carbocycles. The molecular formula is C29H36N4O4S. The van der Waals surface area contributed by atoms with Crippen LogP contribution in [0.2, 0.25) is 0 Å². The molecule has 0 bridgehead atoms. The quantitative estimate of drug-likeness (QED) is 0.384. The minimum Gasteiger partial charge on any atom is -0.355 e. The number of para-hydroxylation sites is 1. The monoisotopic (exact) mass is 536 g/mol. The number of hydrogen-bond acceptors (Lipinski definition) is 4. The van der Waals surface area contributed by atoms with Gasteiger partial charge < -0.3 is 10.2 Å². The van der Waals surface area contributed by atoms with E-state index in [4.69, 9.17) is 0 Å². The predicted molar refractivity (Wildman–Crippen MR) is 151 cm³/mol. The number of anilines is 1. The molecule has 0 aromatic heterocycles. The van der Waals surface area contributed by atoms with Crippen LogP contribution in [-0.2, 0) is 32.8 Å². The second-order valence-corrected chi connectivity index (χ2v) is 11.3. The fraction of sp³-hybridized carbons (Fsp3) is 0.310. The first-order valence-electron chi connectivity index (χ1n) is 12.6. The zero-order chi connectivity index (χ0) is 27.7. The highest BCUT2D eigenvalue weighted by Gasteiger charge is 2.34. The molecule has 0 fully saturated rings. The number of carbonyl (C=O) groups is 2. The molecule has 8 nitrogen and oxygen atoms in total. The molecule has 0 aliphatic heterocycles. The number of hydrogen-bond donors (Lipinski definition) is 1. The van der Waals surface area contributed by atoms with Gasteiger partial charge in [0.25, 0.3) is 0 Å². The molecule has 0 spiro atoms. The van der Waals surface area contributed by atoms with E-state index < -0.39 is 28.7 Å². The summed E-state index contributed by atoms with van der Waals surface area (Å²) >= 11 is 0. The molecule has 3 rings (SSSR count). The molecule has 0 saturated heterocycles. The third kappa shape index (κ3) is 7.43. The maximum Gasteiger partial charge on any atom is 0.304 e. The van der Waals surface area contributed by atoms with Crippen molar-refractivity contribution in [2.75, 3.05) is 31.5 Å². The number of amides is 2. The summed E-state index contributed by atoms with van der Waals surface area (Å²) in [6.07, 6.45) is 0.288. The topological polar surface area (TPSA) is 90.0 Å². The zero-order valence-corrected chi connectivity index (χ0v) is 23.2. The highest BCUT2D eigenvalue weighted by molar-refractivity contribution is 7.90. The van der Waals surface area contributed by atoms with Gasteiger partial charge in [0.2, 0.25) is 11.8 Å². The standard InChI is InChI=1S/C29H36N4O4S/c1-5-30-29(35)27(20-24-12-8-6-9-13-24)32(21-25-18-16-23(2)17-19-25)28(34)22-33(38(36,37)31(3)4)26-14-10-7-11-15-26/h6-19,27H,5,20-22H2,1-4H3,(H,30,35)/t27-/m0/s1. The average molecular weight is 537 g/mol. The van der Waals surface area contributed by atoms with E-state index in [1.54, 1.807) is 30.3 Å². The molecule has 0 heterocycles. The molecular weight excluding hydrogens is 500 g/mol. The van der Waals surface area contributed by atoms with Crippen molar-refractivity contribution in [3.8, 4) is 0 Å². The first-order valence-corrected chi connectivity index (χ1v) is 13.9. The number of aryl methyl sites for hydroxylation is 1. The lowest BCUT2D eigenvalue weighted by atomic mass is 10.0. The molecule has 2 amide bonds. The summed E-state index contributed by atoms with van der Waals surface area (Å²) < 4.78 is 28.7. The summed E-state index contributed by atoms with van der Waals surface area (Å²) in [4.78, 5) is 28.9. The molecule has 0 radical (unpaired) electrons. The van der Waals surface area contributed by atoms with Gasteiger partial charge in [0.1, 0.15) is 12.6 Å². The highest BCUT2D eigenvalue weighted by atomic mass is 32.2. The lowest BCUT2D eigenvalue weighted by Gasteiger charge is -2.34. The van der Waals surface area contributed by atoms with Crippen LogP contribution in [0, 0.1) is 6.92 Å². The average Bonchev–Trinajstić information content (AvgIpc) is 2.91. The van der Waals surface area contributed by atoms with Gasteiger partial charge in [-0.1, -0.05) is 78.4 Å². The molecule has 9 heteroatoms. The van der Waals surface area contributed by atoms with Crippen molar-refractivity contribution in [3.05, 3.63) is 102 Å². The van der Waals surface area contributed by atoms with E-state index in [0.717, 1.165) is 25.3 Å². The van der Waals surface area contributed by atoms with Crippen molar-refractivity contribution >= 4 is 27.7 Å². The van der Waals surface area contributed by atoms with Crippen molar-refractivity contribution in [1.29, 1.82) is 0 Å². The van der Waals surface area contributed by atoms with Crippen LogP contribution in [-0.4, -0.2) is 62.7 Å². The fourth-order valence-electron chi connectivity index (χ4n) is 4.05. The van der Waals surface area contributed by atoms with E-state index in [1.807, 2.05) is 68.4 Å². The molecule has 3 aromatic rings. The normalized spacial score (nSPS) is 12.1. The van der Waals surface area contributed by atoms with E-state index in [1.165, 1.54) is 19.0 Å². The zero-order valence-electron chi connectivity index (χ0n) is 22.4. The summed E-state index contributed by atoms with van der Waals surface area (Å²) in [5.41, 5.74) is 3.17. The Bertz CT molecular complexity index is 1300. The Balaban J connectivity index is 2.05. The number of likely N-dealkylation sites (N-methyl/N-ethyl adjacent to an activating group) is 1. The van der Waals surface area contributed by atoms with Gasteiger partial charge in [-0.25, -0.2) is 4.31 Å². The van der Waals surface area contributed by atoms with Crippen LogP contribution in [0.5, 0.6) is 0 Å². The second-order valence-electron chi connectivity index (χ2n) is 9.24. The van der Waals surface area contributed by atoms with Crippen LogP contribution in [0.4, 0.5) is 5.69 Å². The number of benzene rings is 3. The molecule has 3 aromatic carbocycles. The predicted octanol–water partition coefficient (Wildman–Crippen LogP) is 3.38. The molecule has 38 heavy (non-hydrogen) atoms. The third-order valence-electron chi connectivity index (χ3n) is 6.16. The van der Waals surface area contributed by atoms with Crippen LogP contribution >= 0.6 is 0 Å². The van der Waals surface area contributed by atoms with Crippen molar-refractivity contribution in [2.45, 2.75) is 32.9 Å². The van der Waals surface area contributed by atoms with E-state index in [2.05, 4.69) is 5.32 Å². The molecule has 0 unspecified atom stereocenters. The van der Waals surface area contributed by atoms with Gasteiger partial charge in [-0.05, 0) is 37.1 Å². The number of carbonyl (C=O) groups excluding carboxylic acids is 2. The van der Waals surface area contributed by atoms with E-state index in [9.17, 15) is 18.0 Å². The molecule has 1 N–H and O–H groups in total. The van der Waals surface area contributed by atoms with Crippen molar-refractivity contribution < 1.29 is 18.0 Å². The van der Waals surface area contributed by atoms with Crippen LogP contribution < -0.4 is 9.62 Å². The summed E-state index contributed by atoms with van der Waals surface area (Å²) in [5, 5.41) is 2.86. The van der Waals surface area contributed by atoms with E-state index in [-0.39, 0.29) is 18.9 Å². The number of rotatable bonds is 12. The van der Waals surface area contributed by atoms with Crippen molar-refractivity contribution in [1.82, 2.24) is 14.5 Å². The van der Waals surface area contributed by atoms with Gasteiger partial charge in [0.05, 0.1) is 5.69 Å².